The number of fused-ring (bicyclic) bond motifs is 1. The minimum absolute atomic E-state index is 0.0000955. The Balaban J connectivity index is 1.50. The summed E-state index contributed by atoms with van der Waals surface area (Å²) < 4.78 is 49.6. The second-order valence-corrected chi connectivity index (χ2v) is 8.07. The summed E-state index contributed by atoms with van der Waals surface area (Å²) in [6.45, 7) is 1.19. The van der Waals surface area contributed by atoms with Crippen molar-refractivity contribution in [2.24, 2.45) is 0 Å². The number of halogens is 3. The summed E-state index contributed by atoms with van der Waals surface area (Å²) in [5.74, 6) is 1.28. The average Bonchev–Trinajstić information content (AvgIpc) is 3.42. The summed E-state index contributed by atoms with van der Waals surface area (Å²) in [4.78, 5) is 23.8. The Labute approximate surface area is 205 Å². The van der Waals surface area contributed by atoms with Crippen molar-refractivity contribution in [3.05, 3.63) is 78.1 Å². The molecule has 0 radical (unpaired) electrons. The van der Waals surface area contributed by atoms with E-state index in [9.17, 15) is 18.0 Å². The van der Waals surface area contributed by atoms with Crippen LogP contribution in [0, 0.1) is 0 Å². The number of anilines is 1. The first-order valence-corrected chi connectivity index (χ1v) is 11.3. The number of carbonyl (C=O) groups excluding carboxylic acids is 1. The number of para-hydroxylation sites is 1. The van der Waals surface area contributed by atoms with Crippen LogP contribution in [0.5, 0.6) is 0 Å². The highest BCUT2D eigenvalue weighted by Crippen LogP contribution is 2.30. The molecule has 2 heterocycles. The Morgan fingerprint density at radius 2 is 1.89 bits per heavy atom. The van der Waals surface area contributed by atoms with Crippen LogP contribution in [-0.2, 0) is 22.3 Å². The number of alkyl halides is 3. The largest absolute Gasteiger partial charge is 0.461 e. The van der Waals surface area contributed by atoms with Crippen molar-refractivity contribution in [3.8, 4) is 11.6 Å². The zero-order chi connectivity index (χ0) is 25.5. The van der Waals surface area contributed by atoms with Crippen LogP contribution in [0.2, 0.25) is 0 Å². The van der Waals surface area contributed by atoms with Gasteiger partial charge in [0, 0.05) is 38.6 Å². The molecule has 0 bridgehead atoms. The molecule has 0 atom stereocenters. The minimum Gasteiger partial charge on any atom is -0.461 e. The van der Waals surface area contributed by atoms with Crippen LogP contribution in [0.15, 0.2) is 71.3 Å². The maximum Gasteiger partial charge on any atom is 0.416 e. The lowest BCUT2D eigenvalue weighted by Gasteiger charge is -2.25. The van der Waals surface area contributed by atoms with Crippen molar-refractivity contribution < 1.29 is 27.1 Å². The van der Waals surface area contributed by atoms with Gasteiger partial charge in [0.2, 0.25) is 5.91 Å². The molecule has 7 nitrogen and oxygen atoms in total. The summed E-state index contributed by atoms with van der Waals surface area (Å²) in [6.07, 6.45) is -2.78. The molecule has 10 heteroatoms. The lowest BCUT2D eigenvalue weighted by Crippen LogP contribution is -2.33. The molecule has 2 aromatic carbocycles. The molecule has 0 aliphatic rings. The topological polar surface area (TPSA) is 80.5 Å². The van der Waals surface area contributed by atoms with E-state index in [4.69, 9.17) is 14.1 Å². The lowest BCUT2D eigenvalue weighted by atomic mass is 10.1. The van der Waals surface area contributed by atoms with E-state index in [0.29, 0.717) is 42.7 Å². The fourth-order valence-electron chi connectivity index (χ4n) is 3.73. The quantitative estimate of drug-likeness (QED) is 0.329. The van der Waals surface area contributed by atoms with Gasteiger partial charge in [-0.15, -0.1) is 0 Å². The van der Waals surface area contributed by atoms with Gasteiger partial charge in [-0.2, -0.15) is 13.2 Å². The molecule has 36 heavy (non-hydrogen) atoms. The molecule has 0 aliphatic carbocycles. The molecule has 4 aromatic rings. The Kier molecular flexibility index (Phi) is 7.84. The van der Waals surface area contributed by atoms with Gasteiger partial charge in [0.15, 0.2) is 11.6 Å². The zero-order valence-corrected chi connectivity index (χ0v) is 19.6. The van der Waals surface area contributed by atoms with Gasteiger partial charge in [0.1, 0.15) is 5.82 Å². The number of amides is 1. The van der Waals surface area contributed by atoms with E-state index >= 15 is 0 Å². The molecule has 0 fully saturated rings. The van der Waals surface area contributed by atoms with E-state index in [1.807, 2.05) is 29.2 Å². The van der Waals surface area contributed by atoms with Gasteiger partial charge in [0.25, 0.3) is 0 Å². The van der Waals surface area contributed by atoms with Crippen LogP contribution in [0.4, 0.5) is 19.0 Å². The average molecular weight is 499 g/mol. The molecule has 0 aliphatic heterocycles. The van der Waals surface area contributed by atoms with E-state index in [1.54, 1.807) is 31.6 Å². The van der Waals surface area contributed by atoms with Crippen LogP contribution in [0.3, 0.4) is 0 Å². The third kappa shape index (κ3) is 6.19. The molecule has 0 unspecified atom stereocenters. The van der Waals surface area contributed by atoms with Crippen molar-refractivity contribution in [1.82, 2.24) is 15.3 Å². The van der Waals surface area contributed by atoms with Crippen molar-refractivity contribution in [2.45, 2.75) is 19.1 Å². The zero-order valence-electron chi connectivity index (χ0n) is 19.6. The number of furan rings is 1. The molecule has 0 saturated carbocycles. The van der Waals surface area contributed by atoms with Crippen LogP contribution in [0.25, 0.3) is 22.5 Å². The van der Waals surface area contributed by atoms with Crippen molar-refractivity contribution in [2.75, 3.05) is 31.7 Å². The third-order valence-electron chi connectivity index (χ3n) is 5.54. The SMILES string of the molecule is COCCN(CCC(=O)NCc1cccc(C(F)(F)F)c1)c1nc(-c2ccco2)nc2ccccc12. The highest BCUT2D eigenvalue weighted by atomic mass is 19.4. The van der Waals surface area contributed by atoms with E-state index in [-0.39, 0.29) is 18.9 Å². The molecule has 4 rings (SSSR count). The molecule has 0 saturated heterocycles. The second-order valence-electron chi connectivity index (χ2n) is 8.07. The van der Waals surface area contributed by atoms with Gasteiger partial charge >= 0.3 is 6.18 Å². The Bertz CT molecular complexity index is 1310. The van der Waals surface area contributed by atoms with E-state index in [1.165, 1.54) is 6.07 Å². The number of ether oxygens (including phenoxy) is 1. The molecule has 1 amide bonds. The smallest absolute Gasteiger partial charge is 0.416 e. The van der Waals surface area contributed by atoms with Crippen LogP contribution in [-0.4, -0.2) is 42.7 Å². The predicted octanol–water partition coefficient (Wildman–Crippen LogP) is 5.07. The normalized spacial score (nSPS) is 11.6. The van der Waals surface area contributed by atoms with Crippen LogP contribution >= 0.6 is 0 Å². The van der Waals surface area contributed by atoms with Crippen molar-refractivity contribution >= 4 is 22.6 Å². The van der Waals surface area contributed by atoms with Gasteiger partial charge in [-0.25, -0.2) is 9.97 Å². The van der Waals surface area contributed by atoms with Gasteiger partial charge in [0.05, 0.1) is 24.0 Å². The number of nitrogens with one attached hydrogen (secondary N) is 1. The van der Waals surface area contributed by atoms with Gasteiger partial charge in [-0.05, 0) is 42.0 Å². The standard InChI is InChI=1S/C26H25F3N4O3/c1-35-15-13-33(12-11-23(34)30-17-18-6-4-7-19(16-18)26(27,28)29)25-20-8-2-3-9-21(20)31-24(32-25)22-10-5-14-36-22/h2-10,14,16H,11-13,15,17H2,1H3,(H,30,34). The number of benzene rings is 2. The fraction of sp³-hybridized carbons (Fsp3) is 0.269. The number of hydrogen-bond donors (Lipinski definition) is 1. The Morgan fingerprint density at radius 3 is 2.64 bits per heavy atom. The number of nitrogens with zero attached hydrogens (tertiary/aromatic N) is 3. The maximum absolute atomic E-state index is 12.9. The Morgan fingerprint density at radius 1 is 1.06 bits per heavy atom. The van der Waals surface area contributed by atoms with Crippen LogP contribution in [0.1, 0.15) is 17.5 Å². The summed E-state index contributed by atoms with van der Waals surface area (Å²) in [5.41, 5.74) is 0.354. The first-order chi connectivity index (χ1) is 17.3. The molecule has 188 valence electrons. The van der Waals surface area contributed by atoms with Gasteiger partial charge in [-0.3, -0.25) is 4.79 Å². The lowest BCUT2D eigenvalue weighted by molar-refractivity contribution is -0.137. The molecule has 1 N–H and O–H groups in total. The number of rotatable bonds is 10. The number of carbonyl (C=O) groups is 1. The monoisotopic (exact) mass is 498 g/mol. The highest BCUT2D eigenvalue weighted by Gasteiger charge is 2.30. The Hall–Kier alpha value is -3.92. The summed E-state index contributed by atoms with van der Waals surface area (Å²) >= 11 is 0. The third-order valence-corrected chi connectivity index (χ3v) is 5.54. The number of hydrogen-bond acceptors (Lipinski definition) is 6. The molecular formula is C26H25F3N4O3. The fourth-order valence-corrected chi connectivity index (χ4v) is 3.73. The van der Waals surface area contributed by atoms with Crippen LogP contribution < -0.4 is 10.2 Å². The summed E-state index contributed by atoms with van der Waals surface area (Å²) in [7, 11) is 1.59. The van der Waals surface area contributed by atoms with Crippen molar-refractivity contribution in [3.63, 3.8) is 0 Å². The first kappa shape index (κ1) is 25.2. The number of aromatic nitrogens is 2. The first-order valence-electron chi connectivity index (χ1n) is 11.3. The number of methoxy groups -OCH3 is 1. The van der Waals surface area contributed by atoms with E-state index in [0.717, 1.165) is 23.0 Å². The summed E-state index contributed by atoms with van der Waals surface area (Å²) in [6, 6.07) is 16.0. The summed E-state index contributed by atoms with van der Waals surface area (Å²) in [5, 5.41) is 3.51. The van der Waals surface area contributed by atoms with Gasteiger partial charge < -0.3 is 19.4 Å². The highest BCUT2D eigenvalue weighted by molar-refractivity contribution is 5.91. The van der Waals surface area contributed by atoms with Crippen molar-refractivity contribution in [1.29, 1.82) is 0 Å². The minimum atomic E-state index is -4.43. The van der Waals surface area contributed by atoms with Gasteiger partial charge in [-0.1, -0.05) is 24.3 Å². The molecule has 0 spiro atoms. The second kappa shape index (κ2) is 11.2. The predicted molar refractivity (Wildman–Crippen MR) is 129 cm³/mol. The maximum atomic E-state index is 12.9. The molecule has 2 aromatic heterocycles. The van der Waals surface area contributed by atoms with E-state index in [2.05, 4.69) is 10.3 Å². The molecular weight excluding hydrogens is 473 g/mol. The van der Waals surface area contributed by atoms with E-state index < -0.39 is 11.7 Å².